The number of aromatic hydroxyl groups is 1. The Morgan fingerprint density at radius 3 is 2.31 bits per heavy atom. The summed E-state index contributed by atoms with van der Waals surface area (Å²) in [7, 11) is 2.89. The Morgan fingerprint density at radius 1 is 1.31 bits per heavy atom. The molecule has 0 amide bonds. The van der Waals surface area contributed by atoms with E-state index in [0.29, 0.717) is 15.2 Å². The largest absolute Gasteiger partial charge is 0.503 e. The van der Waals surface area contributed by atoms with Gasteiger partial charge in [0.15, 0.2) is 11.5 Å². The fourth-order valence-electron chi connectivity index (χ4n) is 0.949. The molecule has 0 aliphatic rings. The quantitative estimate of drug-likeness (QED) is 0.895. The maximum Gasteiger partial charge on any atom is 0.205 e. The molecule has 72 valence electrons. The standard InChI is InChI=1S/C8H8BrClO3/c1-12-7-5(10)3-4(9)6(11)8(7)13-2/h3,11H,1-2H3. The van der Waals surface area contributed by atoms with E-state index in [9.17, 15) is 5.11 Å². The van der Waals surface area contributed by atoms with Gasteiger partial charge in [-0.1, -0.05) is 11.6 Å². The number of phenols is 1. The first kappa shape index (κ1) is 10.5. The third-order valence-electron chi connectivity index (χ3n) is 1.53. The van der Waals surface area contributed by atoms with Gasteiger partial charge in [-0.3, -0.25) is 0 Å². The van der Waals surface area contributed by atoms with Crippen LogP contribution in [0, 0.1) is 0 Å². The zero-order valence-corrected chi connectivity index (χ0v) is 9.44. The van der Waals surface area contributed by atoms with E-state index < -0.39 is 0 Å². The lowest BCUT2D eigenvalue weighted by molar-refractivity contribution is 0.332. The molecule has 0 saturated heterocycles. The van der Waals surface area contributed by atoms with E-state index in [0.717, 1.165) is 0 Å². The van der Waals surface area contributed by atoms with Gasteiger partial charge in [0.1, 0.15) is 0 Å². The van der Waals surface area contributed by atoms with Crippen LogP contribution < -0.4 is 9.47 Å². The van der Waals surface area contributed by atoms with Crippen LogP contribution in [0.1, 0.15) is 0 Å². The topological polar surface area (TPSA) is 38.7 Å². The zero-order chi connectivity index (χ0) is 10.0. The number of hydrogen-bond donors (Lipinski definition) is 1. The van der Waals surface area contributed by atoms with Crippen molar-refractivity contribution < 1.29 is 14.6 Å². The normalized spacial score (nSPS) is 9.85. The highest BCUT2D eigenvalue weighted by Crippen LogP contribution is 2.46. The number of phenolic OH excluding ortho intramolecular Hbond substituents is 1. The smallest absolute Gasteiger partial charge is 0.205 e. The number of halogens is 2. The Balaban J connectivity index is 3.41. The van der Waals surface area contributed by atoms with E-state index in [2.05, 4.69) is 15.9 Å². The maximum absolute atomic E-state index is 9.52. The summed E-state index contributed by atoms with van der Waals surface area (Å²) in [6, 6.07) is 1.54. The molecule has 1 aromatic rings. The third-order valence-corrected chi connectivity index (χ3v) is 2.41. The second-order valence-electron chi connectivity index (χ2n) is 2.26. The molecule has 0 radical (unpaired) electrons. The molecular formula is C8H8BrClO3. The first-order valence-electron chi connectivity index (χ1n) is 3.40. The van der Waals surface area contributed by atoms with Crippen LogP contribution in [0.2, 0.25) is 5.02 Å². The molecular weight excluding hydrogens is 259 g/mol. The monoisotopic (exact) mass is 266 g/mol. The van der Waals surface area contributed by atoms with Gasteiger partial charge in [-0.05, 0) is 22.0 Å². The number of ether oxygens (including phenoxy) is 2. The van der Waals surface area contributed by atoms with Gasteiger partial charge in [-0.15, -0.1) is 0 Å². The molecule has 0 heterocycles. The predicted octanol–water partition coefficient (Wildman–Crippen LogP) is 2.83. The average molecular weight is 268 g/mol. The van der Waals surface area contributed by atoms with Gasteiger partial charge in [-0.25, -0.2) is 0 Å². The summed E-state index contributed by atoms with van der Waals surface area (Å²) < 4.78 is 10.4. The molecule has 1 aromatic carbocycles. The third kappa shape index (κ3) is 1.84. The van der Waals surface area contributed by atoms with E-state index in [1.54, 1.807) is 0 Å². The molecule has 1 N–H and O–H groups in total. The van der Waals surface area contributed by atoms with Crippen LogP contribution in [0.15, 0.2) is 10.5 Å². The molecule has 0 bridgehead atoms. The predicted molar refractivity (Wildman–Crippen MR) is 53.9 cm³/mol. The summed E-state index contributed by atoms with van der Waals surface area (Å²) in [6.07, 6.45) is 0. The lowest BCUT2D eigenvalue weighted by atomic mass is 10.3. The second kappa shape index (κ2) is 4.07. The number of methoxy groups -OCH3 is 2. The second-order valence-corrected chi connectivity index (χ2v) is 3.52. The van der Waals surface area contributed by atoms with Crippen molar-refractivity contribution in [2.45, 2.75) is 0 Å². The molecule has 1 rings (SSSR count). The molecule has 0 fully saturated rings. The SMILES string of the molecule is COc1c(Cl)cc(Br)c(O)c1OC. The molecule has 0 atom stereocenters. The summed E-state index contributed by atoms with van der Waals surface area (Å²) in [5, 5.41) is 9.90. The Morgan fingerprint density at radius 2 is 1.85 bits per heavy atom. The van der Waals surface area contributed by atoms with E-state index in [1.165, 1.54) is 20.3 Å². The number of benzene rings is 1. The highest BCUT2D eigenvalue weighted by Gasteiger charge is 2.16. The first-order chi connectivity index (χ1) is 6.11. The van der Waals surface area contributed by atoms with Gasteiger partial charge in [0.05, 0.1) is 23.7 Å². The molecule has 0 unspecified atom stereocenters. The van der Waals surface area contributed by atoms with Crippen molar-refractivity contribution in [3.8, 4) is 17.2 Å². The molecule has 0 saturated carbocycles. The fourth-order valence-corrected chi connectivity index (χ4v) is 1.76. The molecule has 0 aromatic heterocycles. The Labute approximate surface area is 89.4 Å². The zero-order valence-electron chi connectivity index (χ0n) is 7.10. The molecule has 3 nitrogen and oxygen atoms in total. The summed E-state index contributed by atoms with van der Waals surface area (Å²) in [6.45, 7) is 0. The Hall–Kier alpha value is -0.610. The van der Waals surface area contributed by atoms with Gasteiger partial charge >= 0.3 is 0 Å². The summed E-state index contributed by atoms with van der Waals surface area (Å²) >= 11 is 8.97. The average Bonchev–Trinajstić information content (AvgIpc) is 2.10. The number of hydrogen-bond acceptors (Lipinski definition) is 3. The minimum Gasteiger partial charge on any atom is -0.503 e. The highest BCUT2D eigenvalue weighted by molar-refractivity contribution is 9.10. The van der Waals surface area contributed by atoms with Crippen molar-refractivity contribution in [3.63, 3.8) is 0 Å². The highest BCUT2D eigenvalue weighted by atomic mass is 79.9. The van der Waals surface area contributed by atoms with Crippen LogP contribution in [-0.4, -0.2) is 19.3 Å². The van der Waals surface area contributed by atoms with Gasteiger partial charge in [0.2, 0.25) is 5.75 Å². The van der Waals surface area contributed by atoms with Gasteiger partial charge in [0.25, 0.3) is 0 Å². The van der Waals surface area contributed by atoms with E-state index in [1.807, 2.05) is 0 Å². The van der Waals surface area contributed by atoms with E-state index in [-0.39, 0.29) is 11.5 Å². The molecule has 13 heavy (non-hydrogen) atoms. The minimum atomic E-state index is -0.0243. The van der Waals surface area contributed by atoms with Crippen molar-refractivity contribution in [3.05, 3.63) is 15.6 Å². The van der Waals surface area contributed by atoms with E-state index in [4.69, 9.17) is 21.1 Å². The lowest BCUT2D eigenvalue weighted by Crippen LogP contribution is -1.92. The van der Waals surface area contributed by atoms with Crippen LogP contribution in [0.25, 0.3) is 0 Å². The van der Waals surface area contributed by atoms with Crippen LogP contribution in [0.3, 0.4) is 0 Å². The van der Waals surface area contributed by atoms with Gasteiger partial charge in [0, 0.05) is 0 Å². The Kier molecular flexibility index (Phi) is 3.27. The summed E-state index contributed by atoms with van der Waals surface area (Å²) in [5.74, 6) is 0.524. The van der Waals surface area contributed by atoms with Crippen molar-refractivity contribution in [1.82, 2.24) is 0 Å². The summed E-state index contributed by atoms with van der Waals surface area (Å²) in [5.41, 5.74) is 0. The van der Waals surface area contributed by atoms with Crippen molar-refractivity contribution in [1.29, 1.82) is 0 Å². The van der Waals surface area contributed by atoms with Crippen LogP contribution in [0.4, 0.5) is 0 Å². The molecule has 0 aliphatic heterocycles. The molecule has 0 aliphatic carbocycles. The maximum atomic E-state index is 9.52. The van der Waals surface area contributed by atoms with E-state index >= 15 is 0 Å². The summed E-state index contributed by atoms with van der Waals surface area (Å²) in [4.78, 5) is 0. The van der Waals surface area contributed by atoms with Gasteiger partial charge < -0.3 is 14.6 Å². The van der Waals surface area contributed by atoms with Crippen molar-refractivity contribution >= 4 is 27.5 Å². The van der Waals surface area contributed by atoms with Crippen molar-refractivity contribution in [2.75, 3.05) is 14.2 Å². The van der Waals surface area contributed by atoms with Crippen LogP contribution >= 0.6 is 27.5 Å². The molecule has 0 spiro atoms. The van der Waals surface area contributed by atoms with Crippen molar-refractivity contribution in [2.24, 2.45) is 0 Å². The number of rotatable bonds is 2. The van der Waals surface area contributed by atoms with Crippen LogP contribution in [-0.2, 0) is 0 Å². The minimum absolute atomic E-state index is 0.0243. The lowest BCUT2D eigenvalue weighted by Gasteiger charge is -2.11. The van der Waals surface area contributed by atoms with Gasteiger partial charge in [-0.2, -0.15) is 0 Å². The first-order valence-corrected chi connectivity index (χ1v) is 4.57. The fraction of sp³-hybridized carbons (Fsp3) is 0.250. The van der Waals surface area contributed by atoms with Crippen LogP contribution in [0.5, 0.6) is 17.2 Å². The molecule has 5 heteroatoms. The Bertz CT molecular complexity index is 328.